The Morgan fingerprint density at radius 3 is 2.69 bits per heavy atom. The average molecular weight is 177 g/mol. The predicted molar refractivity (Wildman–Crippen MR) is 51.5 cm³/mol. The molecule has 0 saturated heterocycles. The van der Waals surface area contributed by atoms with Crippen molar-refractivity contribution in [1.82, 2.24) is 0 Å². The first-order valence-electron chi connectivity index (χ1n) is 3.97. The van der Waals surface area contributed by atoms with Crippen molar-refractivity contribution in [2.24, 2.45) is 0 Å². The van der Waals surface area contributed by atoms with E-state index in [0.717, 1.165) is 5.69 Å². The summed E-state index contributed by atoms with van der Waals surface area (Å²) in [5.41, 5.74) is 0.948. The van der Waals surface area contributed by atoms with Crippen molar-refractivity contribution in [1.29, 1.82) is 0 Å². The maximum Gasteiger partial charge on any atom is 0.307 e. The summed E-state index contributed by atoms with van der Waals surface area (Å²) >= 11 is 0. The van der Waals surface area contributed by atoms with Crippen LogP contribution in [0.15, 0.2) is 42.6 Å². The monoisotopic (exact) mass is 177 g/mol. The molecule has 0 radical (unpaired) electrons. The van der Waals surface area contributed by atoms with E-state index in [4.69, 9.17) is 5.11 Å². The minimum Gasteiger partial charge on any atom is -0.481 e. The van der Waals surface area contributed by atoms with Gasteiger partial charge in [-0.05, 0) is 18.3 Å². The lowest BCUT2D eigenvalue weighted by Gasteiger charge is -1.97. The summed E-state index contributed by atoms with van der Waals surface area (Å²) < 4.78 is 0. The molecule has 3 nitrogen and oxygen atoms in total. The van der Waals surface area contributed by atoms with E-state index in [1.807, 2.05) is 30.3 Å². The summed E-state index contributed by atoms with van der Waals surface area (Å²) in [7, 11) is 0. The SMILES string of the molecule is O=C(O)CC=CNc1ccccc1. The molecule has 0 aliphatic heterocycles. The molecular weight excluding hydrogens is 166 g/mol. The first kappa shape index (κ1) is 9.32. The lowest BCUT2D eigenvalue weighted by molar-refractivity contribution is -0.136. The number of benzene rings is 1. The van der Waals surface area contributed by atoms with Gasteiger partial charge in [0.05, 0.1) is 6.42 Å². The molecule has 68 valence electrons. The van der Waals surface area contributed by atoms with Crippen molar-refractivity contribution < 1.29 is 9.90 Å². The van der Waals surface area contributed by atoms with E-state index in [-0.39, 0.29) is 6.42 Å². The van der Waals surface area contributed by atoms with Crippen LogP contribution in [0.1, 0.15) is 6.42 Å². The van der Waals surface area contributed by atoms with Crippen LogP contribution in [0.2, 0.25) is 0 Å². The molecule has 3 heteroatoms. The summed E-state index contributed by atoms with van der Waals surface area (Å²) in [6.45, 7) is 0. The van der Waals surface area contributed by atoms with Gasteiger partial charge in [-0.15, -0.1) is 0 Å². The highest BCUT2D eigenvalue weighted by atomic mass is 16.4. The molecule has 0 amide bonds. The van der Waals surface area contributed by atoms with E-state index in [1.54, 1.807) is 12.3 Å². The van der Waals surface area contributed by atoms with Crippen LogP contribution in [0.3, 0.4) is 0 Å². The molecule has 1 rings (SSSR count). The quantitative estimate of drug-likeness (QED) is 0.740. The Bertz CT molecular complexity index is 293. The molecule has 1 aromatic carbocycles. The van der Waals surface area contributed by atoms with E-state index in [9.17, 15) is 4.79 Å². The smallest absolute Gasteiger partial charge is 0.307 e. The zero-order chi connectivity index (χ0) is 9.52. The van der Waals surface area contributed by atoms with Crippen molar-refractivity contribution in [2.75, 3.05) is 5.32 Å². The van der Waals surface area contributed by atoms with E-state index >= 15 is 0 Å². The van der Waals surface area contributed by atoms with Crippen molar-refractivity contribution >= 4 is 11.7 Å². The molecule has 0 atom stereocenters. The van der Waals surface area contributed by atoms with Crippen molar-refractivity contribution in [2.45, 2.75) is 6.42 Å². The summed E-state index contributed by atoms with van der Waals surface area (Å²) in [6, 6.07) is 9.56. The van der Waals surface area contributed by atoms with E-state index < -0.39 is 5.97 Å². The van der Waals surface area contributed by atoms with Gasteiger partial charge in [0, 0.05) is 5.69 Å². The van der Waals surface area contributed by atoms with Crippen LogP contribution in [0.4, 0.5) is 5.69 Å². The number of hydrogen-bond donors (Lipinski definition) is 2. The van der Waals surface area contributed by atoms with Gasteiger partial charge in [-0.2, -0.15) is 0 Å². The molecule has 0 aliphatic carbocycles. The van der Waals surface area contributed by atoms with Crippen molar-refractivity contribution in [3.05, 3.63) is 42.6 Å². The van der Waals surface area contributed by atoms with Crippen LogP contribution >= 0.6 is 0 Å². The van der Waals surface area contributed by atoms with Crippen LogP contribution in [0.25, 0.3) is 0 Å². The fourth-order valence-corrected chi connectivity index (χ4v) is 0.849. The molecule has 0 bridgehead atoms. The van der Waals surface area contributed by atoms with Crippen LogP contribution in [0.5, 0.6) is 0 Å². The maximum atomic E-state index is 10.1. The van der Waals surface area contributed by atoms with E-state index in [2.05, 4.69) is 5.32 Å². The Labute approximate surface area is 76.7 Å². The largest absolute Gasteiger partial charge is 0.481 e. The molecule has 0 unspecified atom stereocenters. The number of anilines is 1. The third-order valence-corrected chi connectivity index (χ3v) is 1.43. The number of hydrogen-bond acceptors (Lipinski definition) is 2. The van der Waals surface area contributed by atoms with E-state index in [1.165, 1.54) is 0 Å². The molecule has 0 aromatic heterocycles. The van der Waals surface area contributed by atoms with Crippen LogP contribution in [0, 0.1) is 0 Å². The maximum absolute atomic E-state index is 10.1. The molecule has 0 saturated carbocycles. The standard InChI is InChI=1S/C10H11NO2/c12-10(13)7-4-8-11-9-5-2-1-3-6-9/h1-6,8,11H,7H2,(H,12,13). The molecule has 0 heterocycles. The number of aliphatic carboxylic acids is 1. The first-order valence-corrected chi connectivity index (χ1v) is 3.97. The second kappa shape index (κ2) is 4.98. The molecule has 0 fully saturated rings. The Balaban J connectivity index is 2.35. The van der Waals surface area contributed by atoms with Gasteiger partial charge in [-0.1, -0.05) is 24.3 Å². The number of carboxylic acids is 1. The van der Waals surface area contributed by atoms with Crippen LogP contribution in [-0.4, -0.2) is 11.1 Å². The number of carboxylic acid groups (broad SMARTS) is 1. The van der Waals surface area contributed by atoms with E-state index in [0.29, 0.717) is 0 Å². The fraction of sp³-hybridized carbons (Fsp3) is 0.100. The highest BCUT2D eigenvalue weighted by Crippen LogP contribution is 2.04. The van der Waals surface area contributed by atoms with Gasteiger partial charge in [0.15, 0.2) is 0 Å². The molecule has 1 aromatic rings. The highest BCUT2D eigenvalue weighted by molar-refractivity contribution is 5.68. The Morgan fingerprint density at radius 1 is 1.38 bits per heavy atom. The van der Waals surface area contributed by atoms with Crippen molar-refractivity contribution in [3.63, 3.8) is 0 Å². The minimum atomic E-state index is -0.828. The summed E-state index contributed by atoms with van der Waals surface area (Å²) in [5, 5.41) is 11.3. The molecule has 2 N–H and O–H groups in total. The third kappa shape index (κ3) is 3.96. The zero-order valence-electron chi connectivity index (χ0n) is 7.10. The Kier molecular flexibility index (Phi) is 3.57. The van der Waals surface area contributed by atoms with Crippen LogP contribution in [-0.2, 0) is 4.79 Å². The lowest BCUT2D eigenvalue weighted by Crippen LogP contribution is -1.92. The lowest BCUT2D eigenvalue weighted by atomic mass is 10.3. The number of rotatable bonds is 4. The number of nitrogens with one attached hydrogen (secondary N) is 1. The van der Waals surface area contributed by atoms with Gasteiger partial charge >= 0.3 is 5.97 Å². The summed E-state index contributed by atoms with van der Waals surface area (Å²) in [6.07, 6.45) is 3.23. The van der Waals surface area contributed by atoms with Gasteiger partial charge < -0.3 is 10.4 Å². The molecule has 0 spiro atoms. The normalized spacial score (nSPS) is 10.2. The number of para-hydroxylation sites is 1. The molecule has 0 aliphatic rings. The molecular formula is C10H11NO2. The second-order valence-electron chi connectivity index (χ2n) is 2.51. The Hall–Kier alpha value is -1.77. The zero-order valence-corrected chi connectivity index (χ0v) is 7.10. The van der Waals surface area contributed by atoms with Crippen LogP contribution < -0.4 is 5.32 Å². The van der Waals surface area contributed by atoms with Gasteiger partial charge in [0.25, 0.3) is 0 Å². The fourth-order valence-electron chi connectivity index (χ4n) is 0.849. The third-order valence-electron chi connectivity index (χ3n) is 1.43. The summed E-state index contributed by atoms with van der Waals surface area (Å²) in [4.78, 5) is 10.1. The second-order valence-corrected chi connectivity index (χ2v) is 2.51. The average Bonchev–Trinajstić information content (AvgIpc) is 2.14. The predicted octanol–water partition coefficient (Wildman–Crippen LogP) is 2.09. The first-order chi connectivity index (χ1) is 6.29. The van der Waals surface area contributed by atoms with Gasteiger partial charge in [0.1, 0.15) is 0 Å². The minimum absolute atomic E-state index is 0.0415. The number of carbonyl (C=O) groups is 1. The highest BCUT2D eigenvalue weighted by Gasteiger charge is 1.88. The van der Waals surface area contributed by atoms with Gasteiger partial charge in [-0.3, -0.25) is 4.79 Å². The Morgan fingerprint density at radius 2 is 2.08 bits per heavy atom. The topological polar surface area (TPSA) is 49.3 Å². The molecule has 13 heavy (non-hydrogen) atoms. The van der Waals surface area contributed by atoms with Gasteiger partial charge in [0.2, 0.25) is 0 Å². The van der Waals surface area contributed by atoms with Gasteiger partial charge in [-0.25, -0.2) is 0 Å². The summed E-state index contributed by atoms with van der Waals surface area (Å²) in [5.74, 6) is -0.828. The van der Waals surface area contributed by atoms with Crippen molar-refractivity contribution in [3.8, 4) is 0 Å².